The van der Waals surface area contributed by atoms with Crippen molar-refractivity contribution < 1.29 is 23.6 Å². The van der Waals surface area contributed by atoms with Gasteiger partial charge in [-0.2, -0.15) is 0 Å². The molecule has 37 heavy (non-hydrogen) atoms. The van der Waals surface area contributed by atoms with E-state index >= 15 is 0 Å². The number of rotatable bonds is 6. The number of carbonyl (C=O) groups excluding carboxylic acids is 1. The first-order valence-electron chi connectivity index (χ1n) is 12.3. The third-order valence-electron chi connectivity index (χ3n) is 6.18. The Bertz CT molecular complexity index is 1340. The van der Waals surface area contributed by atoms with Crippen LogP contribution >= 0.6 is 0 Å². The fourth-order valence-electron chi connectivity index (χ4n) is 4.69. The molecule has 0 aliphatic rings. The molecule has 0 saturated heterocycles. The van der Waals surface area contributed by atoms with Crippen LogP contribution < -0.4 is 19.5 Å². The van der Waals surface area contributed by atoms with E-state index in [1.54, 1.807) is 26.8 Å². The van der Waals surface area contributed by atoms with Crippen LogP contribution in [0.2, 0.25) is 5.04 Å². The van der Waals surface area contributed by atoms with Crippen molar-refractivity contribution in [3.63, 3.8) is 0 Å². The number of aromatic nitrogens is 1. The molecular formula is C29H33BNO5Si. The van der Waals surface area contributed by atoms with Crippen LogP contribution in [0.3, 0.4) is 0 Å². The second kappa shape index (κ2) is 10.1. The van der Waals surface area contributed by atoms with Crippen molar-refractivity contribution in [3.8, 4) is 11.6 Å². The third-order valence-corrected chi connectivity index (χ3v) is 11.1. The number of nitrogens with zero attached hydrogens (tertiary/aromatic N) is 1. The number of carbonyl (C=O) groups is 1. The zero-order chi connectivity index (χ0) is 26.8. The molecular weight excluding hydrogens is 481 g/mol. The van der Waals surface area contributed by atoms with Crippen LogP contribution in [-0.4, -0.2) is 37.3 Å². The molecule has 0 aliphatic carbocycles. The number of benzene rings is 3. The van der Waals surface area contributed by atoms with Crippen molar-refractivity contribution in [2.45, 2.75) is 52.2 Å². The molecule has 1 N–H and O–H groups in total. The van der Waals surface area contributed by atoms with Gasteiger partial charge in [0, 0.05) is 11.5 Å². The Kier molecular flexibility index (Phi) is 7.26. The van der Waals surface area contributed by atoms with E-state index in [1.165, 1.54) is 14.9 Å². The Labute approximate surface area is 220 Å². The molecule has 0 aliphatic heterocycles. The van der Waals surface area contributed by atoms with Gasteiger partial charge < -0.3 is 18.8 Å². The van der Waals surface area contributed by atoms with Gasteiger partial charge in [0.15, 0.2) is 5.88 Å². The molecule has 0 amide bonds. The Morgan fingerprint density at radius 2 is 1.41 bits per heavy atom. The van der Waals surface area contributed by atoms with E-state index in [0.717, 1.165) is 5.39 Å². The second-order valence-electron chi connectivity index (χ2n) is 11.0. The highest BCUT2D eigenvalue weighted by atomic mass is 28.4. The van der Waals surface area contributed by atoms with Gasteiger partial charge in [-0.05, 0) is 54.4 Å². The van der Waals surface area contributed by atoms with Crippen LogP contribution in [0, 0.1) is 0 Å². The van der Waals surface area contributed by atoms with Gasteiger partial charge in [0.1, 0.15) is 11.4 Å². The molecule has 1 aromatic heterocycles. The van der Waals surface area contributed by atoms with E-state index in [1.807, 2.05) is 54.6 Å². The topological polar surface area (TPSA) is 69.9 Å². The van der Waals surface area contributed by atoms with Gasteiger partial charge in [0.2, 0.25) is 0 Å². The predicted molar refractivity (Wildman–Crippen MR) is 150 cm³/mol. The molecule has 6 nitrogen and oxygen atoms in total. The lowest BCUT2D eigenvalue weighted by Gasteiger charge is -2.43. The van der Waals surface area contributed by atoms with Crippen molar-refractivity contribution in [3.05, 3.63) is 84.9 Å². The van der Waals surface area contributed by atoms with Gasteiger partial charge in [0.05, 0.1) is 5.52 Å². The third kappa shape index (κ3) is 5.31. The zero-order valence-corrected chi connectivity index (χ0v) is 23.2. The molecule has 0 fully saturated rings. The maximum atomic E-state index is 13.0. The lowest BCUT2D eigenvalue weighted by atomic mass is 10.2. The molecule has 8 heteroatoms. The molecule has 0 atom stereocenters. The largest absolute Gasteiger partial charge is 0.570 e. The summed E-state index contributed by atoms with van der Waals surface area (Å²) < 4.78 is 19.2. The summed E-state index contributed by atoms with van der Waals surface area (Å²) in [5.74, 6) is 0.831. The predicted octanol–water partition coefficient (Wildman–Crippen LogP) is 5.27. The molecule has 1 heterocycles. The standard InChI is InChI=1S/C29H33BNO5Si/c1-28(2,3)34-27(32)31-25-18-17-22(19-21(25)20-26(31)35-30-33)36-37(29(4,5)6,23-13-9-7-10-14-23)24-15-11-8-12-16-24/h7-20,33H,1-6H3. The second-order valence-corrected chi connectivity index (χ2v) is 15.2. The fourth-order valence-corrected chi connectivity index (χ4v) is 9.11. The summed E-state index contributed by atoms with van der Waals surface area (Å²) >= 11 is 0. The summed E-state index contributed by atoms with van der Waals surface area (Å²) in [7, 11) is -2.28. The van der Waals surface area contributed by atoms with E-state index in [-0.39, 0.29) is 10.9 Å². The van der Waals surface area contributed by atoms with Crippen LogP contribution in [0.15, 0.2) is 84.9 Å². The number of fused-ring (bicyclic) bond motifs is 1. The van der Waals surface area contributed by atoms with Crippen LogP contribution in [-0.2, 0) is 4.74 Å². The minimum Gasteiger partial charge on any atom is -0.534 e. The maximum Gasteiger partial charge on any atom is 0.570 e. The quantitative estimate of drug-likeness (QED) is 0.355. The SMILES string of the molecule is CC(C)(C)OC(=O)n1c(O[B]O)cc2cc(O[Si](c3ccccc3)(c3ccccc3)C(C)(C)C)ccc21. The van der Waals surface area contributed by atoms with Gasteiger partial charge >= 0.3 is 22.1 Å². The van der Waals surface area contributed by atoms with Crippen molar-refractivity contribution in [2.24, 2.45) is 0 Å². The summed E-state index contributed by atoms with van der Waals surface area (Å²) in [6.45, 7) is 12.1. The molecule has 0 spiro atoms. The number of ether oxygens (including phenoxy) is 1. The molecule has 0 bridgehead atoms. The summed E-state index contributed by atoms with van der Waals surface area (Å²) in [6.07, 6.45) is -0.597. The average molecular weight is 514 g/mol. The van der Waals surface area contributed by atoms with Crippen LogP contribution in [0.5, 0.6) is 11.6 Å². The van der Waals surface area contributed by atoms with Gasteiger partial charge in [-0.3, -0.25) is 0 Å². The first kappa shape index (κ1) is 26.6. The highest BCUT2D eigenvalue weighted by Gasteiger charge is 2.52. The fraction of sp³-hybridized carbons (Fsp3) is 0.276. The lowest BCUT2D eigenvalue weighted by molar-refractivity contribution is 0.0537. The molecule has 4 rings (SSSR count). The van der Waals surface area contributed by atoms with Crippen molar-refractivity contribution in [2.75, 3.05) is 0 Å². The van der Waals surface area contributed by atoms with E-state index in [4.69, 9.17) is 13.8 Å². The smallest absolute Gasteiger partial charge is 0.534 e. The molecule has 191 valence electrons. The Balaban J connectivity index is 1.87. The molecule has 0 unspecified atom stereocenters. The first-order chi connectivity index (χ1) is 17.5. The summed E-state index contributed by atoms with van der Waals surface area (Å²) in [5, 5.41) is 12.2. The van der Waals surface area contributed by atoms with Gasteiger partial charge in [-0.15, -0.1) is 0 Å². The zero-order valence-electron chi connectivity index (χ0n) is 22.2. The first-order valence-corrected chi connectivity index (χ1v) is 14.2. The van der Waals surface area contributed by atoms with Gasteiger partial charge in [0.25, 0.3) is 0 Å². The average Bonchev–Trinajstić information content (AvgIpc) is 3.19. The highest BCUT2D eigenvalue weighted by molar-refractivity contribution is 7.00. The highest BCUT2D eigenvalue weighted by Crippen LogP contribution is 2.39. The maximum absolute atomic E-state index is 13.0. The van der Waals surface area contributed by atoms with Crippen molar-refractivity contribution >= 4 is 43.4 Å². The minimum absolute atomic E-state index is 0.148. The van der Waals surface area contributed by atoms with Crippen molar-refractivity contribution in [1.29, 1.82) is 0 Å². The van der Waals surface area contributed by atoms with E-state index in [0.29, 0.717) is 19.0 Å². The lowest BCUT2D eigenvalue weighted by Crippen LogP contribution is -2.68. The Morgan fingerprint density at radius 3 is 1.89 bits per heavy atom. The molecule has 4 aromatic rings. The van der Waals surface area contributed by atoms with Gasteiger partial charge in [-0.1, -0.05) is 81.4 Å². The minimum atomic E-state index is -2.83. The van der Waals surface area contributed by atoms with E-state index in [2.05, 4.69) is 45.0 Å². The van der Waals surface area contributed by atoms with Crippen LogP contribution in [0.25, 0.3) is 10.9 Å². The van der Waals surface area contributed by atoms with Crippen LogP contribution in [0.1, 0.15) is 41.5 Å². The van der Waals surface area contributed by atoms with Gasteiger partial charge in [-0.25, -0.2) is 9.36 Å². The molecule has 0 saturated carbocycles. The summed E-state index contributed by atoms with van der Waals surface area (Å²) in [6, 6.07) is 28.1. The molecule has 3 aromatic carbocycles. The normalized spacial score (nSPS) is 12.3. The number of hydrogen-bond donors (Lipinski definition) is 1. The summed E-state index contributed by atoms with van der Waals surface area (Å²) in [5.41, 5.74) is -0.110. The van der Waals surface area contributed by atoms with Crippen molar-refractivity contribution in [1.82, 2.24) is 4.57 Å². The Morgan fingerprint density at radius 1 is 0.838 bits per heavy atom. The Hall–Kier alpha value is -3.49. The van der Waals surface area contributed by atoms with E-state index < -0.39 is 20.0 Å². The molecule has 1 radical (unpaired) electrons. The van der Waals surface area contributed by atoms with Crippen LogP contribution in [0.4, 0.5) is 4.79 Å². The number of hydrogen-bond acceptors (Lipinski definition) is 5. The summed E-state index contributed by atoms with van der Waals surface area (Å²) in [4.78, 5) is 13.0. The monoisotopic (exact) mass is 514 g/mol. The van der Waals surface area contributed by atoms with E-state index in [9.17, 15) is 9.82 Å².